The van der Waals surface area contributed by atoms with Crippen LogP contribution in [0.4, 0.5) is 0 Å². The summed E-state index contributed by atoms with van der Waals surface area (Å²) in [6.45, 7) is 8.62. The van der Waals surface area contributed by atoms with Crippen LogP contribution in [0.15, 0.2) is 60.7 Å². The van der Waals surface area contributed by atoms with Crippen LogP contribution in [0.5, 0.6) is 0 Å². The number of hydrogen-bond acceptors (Lipinski definition) is 3. The Labute approximate surface area is 234 Å². The fourth-order valence-corrected chi connectivity index (χ4v) is 7.64. The first kappa shape index (κ1) is 30.6. The molecule has 1 fully saturated rings. The van der Waals surface area contributed by atoms with Crippen LogP contribution in [-0.4, -0.2) is 34.6 Å². The Morgan fingerprint density at radius 3 is 2.00 bits per heavy atom. The van der Waals surface area contributed by atoms with Crippen molar-refractivity contribution in [3.63, 3.8) is 0 Å². The van der Waals surface area contributed by atoms with Crippen molar-refractivity contribution in [1.29, 1.82) is 0 Å². The highest BCUT2D eigenvalue weighted by Crippen LogP contribution is 2.27. The summed E-state index contributed by atoms with van der Waals surface area (Å²) in [6, 6.07) is 21.7. The lowest BCUT2D eigenvalue weighted by Gasteiger charge is -2.34. The maximum Gasteiger partial charge on any atom is 0.240 e. The summed E-state index contributed by atoms with van der Waals surface area (Å²) in [5.74, 6) is 6.73. The fourth-order valence-electron chi connectivity index (χ4n) is 4.92. The lowest BCUT2D eigenvalue weighted by atomic mass is 9.86. The van der Waals surface area contributed by atoms with E-state index in [0.29, 0.717) is 0 Å². The third-order valence-electron chi connectivity index (χ3n) is 7.25. The summed E-state index contributed by atoms with van der Waals surface area (Å²) < 4.78 is 18.4. The topological polar surface area (TPSA) is 27.7 Å². The molecule has 0 aliphatic carbocycles. The van der Waals surface area contributed by atoms with Crippen LogP contribution < -0.4 is 10.4 Å². The summed E-state index contributed by atoms with van der Waals surface area (Å²) in [6.07, 6.45) is 14.0. The summed E-state index contributed by atoms with van der Waals surface area (Å²) in [5, 5.41) is 2.72. The van der Waals surface area contributed by atoms with Crippen LogP contribution in [0.2, 0.25) is 0 Å². The number of benzene rings is 2. The van der Waals surface area contributed by atoms with E-state index in [1.165, 1.54) is 48.9 Å². The Morgan fingerprint density at radius 1 is 0.816 bits per heavy atom. The molecule has 2 atom stereocenters. The molecule has 1 aliphatic heterocycles. The predicted octanol–water partition coefficient (Wildman–Crippen LogP) is 7.01. The van der Waals surface area contributed by atoms with Crippen molar-refractivity contribution >= 4 is 19.4 Å². The standard InChI is InChI=1S/C34H50O3Si/c1-34(2,3)32(37-38(30-22-14-12-15-23-30)31-24-16-13-17-25-31)26-18-10-8-6-4-5-7-9-11-20-28-35-33-27-19-21-29-36-33/h12-17,22-25,32-33,38H,4,6,8-11,18-21,26-29H2,1-3H3. The molecule has 0 amide bonds. The molecule has 0 N–H and O–H groups in total. The van der Waals surface area contributed by atoms with Gasteiger partial charge in [-0.1, -0.05) is 101 Å². The van der Waals surface area contributed by atoms with E-state index in [2.05, 4.69) is 93.3 Å². The van der Waals surface area contributed by atoms with E-state index in [1.54, 1.807) is 0 Å². The molecule has 0 saturated carbocycles. The summed E-state index contributed by atoms with van der Waals surface area (Å²) in [5.41, 5.74) is 0.120. The number of rotatable bonds is 15. The van der Waals surface area contributed by atoms with Crippen molar-refractivity contribution in [2.24, 2.45) is 5.41 Å². The molecule has 3 nitrogen and oxygen atoms in total. The first-order valence-electron chi connectivity index (χ1n) is 15.0. The highest BCUT2D eigenvalue weighted by atomic mass is 28.3. The van der Waals surface area contributed by atoms with Gasteiger partial charge < -0.3 is 13.9 Å². The van der Waals surface area contributed by atoms with Gasteiger partial charge in [0, 0.05) is 26.1 Å². The third kappa shape index (κ3) is 11.9. The number of hydrogen-bond donors (Lipinski definition) is 0. The molecule has 0 radical (unpaired) electrons. The van der Waals surface area contributed by atoms with Gasteiger partial charge in [-0.05, 0) is 60.7 Å². The number of ether oxygens (including phenoxy) is 2. The Kier molecular flexibility index (Phi) is 14.2. The molecule has 0 spiro atoms. The number of unbranched alkanes of at least 4 members (excludes halogenated alkanes) is 6. The van der Waals surface area contributed by atoms with Crippen molar-refractivity contribution in [2.45, 2.75) is 110 Å². The first-order chi connectivity index (χ1) is 18.5. The molecule has 38 heavy (non-hydrogen) atoms. The van der Waals surface area contributed by atoms with Gasteiger partial charge in [-0.2, -0.15) is 0 Å². The predicted molar refractivity (Wildman–Crippen MR) is 163 cm³/mol. The van der Waals surface area contributed by atoms with Crippen molar-refractivity contribution in [3.8, 4) is 11.8 Å². The molecule has 0 aromatic heterocycles. The molecule has 2 unspecified atom stereocenters. The molecule has 1 heterocycles. The van der Waals surface area contributed by atoms with E-state index < -0.39 is 9.04 Å². The van der Waals surface area contributed by atoms with E-state index in [0.717, 1.165) is 51.7 Å². The van der Waals surface area contributed by atoms with Gasteiger partial charge in [0.1, 0.15) is 0 Å². The Hall–Kier alpha value is -1.90. The van der Waals surface area contributed by atoms with Gasteiger partial charge in [0.25, 0.3) is 0 Å². The molecule has 1 saturated heterocycles. The second kappa shape index (κ2) is 17.6. The molecule has 2 aromatic rings. The molecular weight excluding hydrogens is 484 g/mol. The van der Waals surface area contributed by atoms with Gasteiger partial charge in [0.2, 0.25) is 9.04 Å². The second-order valence-corrected chi connectivity index (χ2v) is 14.0. The zero-order valence-corrected chi connectivity index (χ0v) is 25.3. The zero-order chi connectivity index (χ0) is 26.9. The minimum absolute atomic E-state index is 0.0382. The van der Waals surface area contributed by atoms with Crippen molar-refractivity contribution < 1.29 is 13.9 Å². The van der Waals surface area contributed by atoms with Crippen molar-refractivity contribution in [1.82, 2.24) is 0 Å². The van der Waals surface area contributed by atoms with Crippen LogP contribution in [0, 0.1) is 17.3 Å². The van der Waals surface area contributed by atoms with Crippen molar-refractivity contribution in [2.75, 3.05) is 13.2 Å². The SMILES string of the molecule is CC(C)(C)C(CCCCCCC#CCCCCOC1CCCCO1)O[SiH](c1ccccc1)c1ccccc1. The monoisotopic (exact) mass is 534 g/mol. The molecule has 3 rings (SSSR count). The molecule has 0 bridgehead atoms. The van der Waals surface area contributed by atoms with Crippen LogP contribution >= 0.6 is 0 Å². The summed E-state index contributed by atoms with van der Waals surface area (Å²) >= 11 is 0. The highest BCUT2D eigenvalue weighted by molar-refractivity contribution is 6.80. The van der Waals surface area contributed by atoms with Gasteiger partial charge in [0.05, 0.1) is 6.10 Å². The normalized spacial score (nSPS) is 16.7. The van der Waals surface area contributed by atoms with E-state index in [9.17, 15) is 0 Å². The summed E-state index contributed by atoms with van der Waals surface area (Å²) in [4.78, 5) is 0. The average Bonchev–Trinajstić information content (AvgIpc) is 2.93. The quantitative estimate of drug-likeness (QED) is 0.140. The van der Waals surface area contributed by atoms with Gasteiger partial charge >= 0.3 is 0 Å². The molecule has 1 aliphatic rings. The zero-order valence-electron chi connectivity index (χ0n) is 24.1. The Morgan fingerprint density at radius 2 is 1.42 bits per heavy atom. The fraction of sp³-hybridized carbons (Fsp3) is 0.588. The molecule has 208 valence electrons. The Bertz CT molecular complexity index is 883. The highest BCUT2D eigenvalue weighted by Gasteiger charge is 2.30. The average molecular weight is 535 g/mol. The first-order valence-corrected chi connectivity index (χ1v) is 16.6. The van der Waals surface area contributed by atoms with E-state index >= 15 is 0 Å². The minimum Gasteiger partial charge on any atom is -0.407 e. The van der Waals surface area contributed by atoms with Gasteiger partial charge in [-0.15, -0.1) is 11.8 Å². The smallest absolute Gasteiger partial charge is 0.240 e. The largest absolute Gasteiger partial charge is 0.407 e. The minimum atomic E-state index is -1.74. The van der Waals surface area contributed by atoms with Gasteiger partial charge in [-0.25, -0.2) is 0 Å². The van der Waals surface area contributed by atoms with Crippen LogP contribution in [0.25, 0.3) is 0 Å². The Balaban J connectivity index is 1.32. The molecule has 2 aromatic carbocycles. The van der Waals surface area contributed by atoms with Gasteiger partial charge in [0.15, 0.2) is 6.29 Å². The van der Waals surface area contributed by atoms with E-state index in [1.807, 2.05) is 0 Å². The second-order valence-electron chi connectivity index (χ2n) is 11.6. The lowest BCUT2D eigenvalue weighted by molar-refractivity contribution is -0.162. The lowest BCUT2D eigenvalue weighted by Crippen LogP contribution is -2.49. The maximum absolute atomic E-state index is 7.02. The summed E-state index contributed by atoms with van der Waals surface area (Å²) in [7, 11) is -1.74. The van der Waals surface area contributed by atoms with Crippen LogP contribution in [-0.2, 0) is 13.9 Å². The van der Waals surface area contributed by atoms with Gasteiger partial charge in [-0.3, -0.25) is 0 Å². The van der Waals surface area contributed by atoms with E-state index in [4.69, 9.17) is 13.9 Å². The van der Waals surface area contributed by atoms with Crippen LogP contribution in [0.3, 0.4) is 0 Å². The molecular formula is C34H50O3Si. The van der Waals surface area contributed by atoms with Crippen LogP contribution in [0.1, 0.15) is 97.8 Å². The van der Waals surface area contributed by atoms with E-state index in [-0.39, 0.29) is 17.8 Å². The maximum atomic E-state index is 7.02. The van der Waals surface area contributed by atoms with Crippen molar-refractivity contribution in [3.05, 3.63) is 60.7 Å². The molecule has 4 heteroatoms. The third-order valence-corrected chi connectivity index (χ3v) is 9.83.